The van der Waals surface area contributed by atoms with E-state index in [4.69, 9.17) is 4.74 Å². The normalized spacial score (nSPS) is 13.1. The third-order valence-electron chi connectivity index (χ3n) is 6.37. The lowest BCUT2D eigenvalue weighted by Gasteiger charge is -2.19. The van der Waals surface area contributed by atoms with E-state index in [1.807, 2.05) is 20.8 Å². The standard InChI is InChI=1S/C28H34N4O4.HI/c1-6-30-22-15-14-19(11-10-16-29-27(35)36-28(3,4)5)17-23(22)31(7-2)24(30)18-32-25(33)20-12-8-9-13-21(20)26(32)34;/h8-9,12-15,17H,6-7,10-11,16,18H2,1-5H3;1H. The number of alkyl carbamates (subject to hydrolysis) is 1. The molecule has 0 atom stereocenters. The van der Waals surface area contributed by atoms with Crippen LogP contribution in [0.5, 0.6) is 0 Å². The van der Waals surface area contributed by atoms with Gasteiger partial charge in [-0.3, -0.25) is 14.5 Å². The number of imidazole rings is 1. The molecule has 37 heavy (non-hydrogen) atoms. The Labute approximate surface area is 235 Å². The molecule has 0 unspecified atom stereocenters. The van der Waals surface area contributed by atoms with Crippen LogP contribution in [0.25, 0.3) is 11.0 Å². The highest BCUT2D eigenvalue weighted by molar-refractivity contribution is 6.21. The SMILES string of the molecule is CCn1c(CN2C(=O)c3ccccc3C2=O)[n+](CC)c2ccc(CCCNC(=O)OC(C)(C)C)cc21.[I-]. The number of aromatic nitrogens is 2. The van der Waals surface area contributed by atoms with E-state index < -0.39 is 11.7 Å². The highest BCUT2D eigenvalue weighted by atomic mass is 127. The number of hydrogen-bond donors (Lipinski definition) is 1. The molecule has 2 heterocycles. The number of fused-ring (bicyclic) bond motifs is 2. The van der Waals surface area contributed by atoms with Gasteiger partial charge >= 0.3 is 6.09 Å². The Kier molecular flexibility index (Phi) is 8.99. The van der Waals surface area contributed by atoms with E-state index in [9.17, 15) is 14.4 Å². The predicted octanol–water partition coefficient (Wildman–Crippen LogP) is 1.23. The van der Waals surface area contributed by atoms with Crippen molar-refractivity contribution in [1.29, 1.82) is 0 Å². The second-order valence-electron chi connectivity index (χ2n) is 10.0. The molecule has 0 fully saturated rings. The topological polar surface area (TPSA) is 84.5 Å². The fourth-order valence-corrected chi connectivity index (χ4v) is 4.79. The van der Waals surface area contributed by atoms with Crippen molar-refractivity contribution in [3.63, 3.8) is 0 Å². The van der Waals surface area contributed by atoms with Crippen LogP contribution in [-0.4, -0.2) is 39.5 Å². The molecule has 3 amide bonds. The molecule has 0 aliphatic carbocycles. The Bertz CT molecular complexity index is 1290. The summed E-state index contributed by atoms with van der Waals surface area (Å²) in [5.74, 6) is 0.432. The van der Waals surface area contributed by atoms with E-state index in [1.165, 1.54) is 4.90 Å². The Morgan fingerprint density at radius 2 is 1.68 bits per heavy atom. The van der Waals surface area contributed by atoms with Gasteiger partial charge in [0.15, 0.2) is 11.0 Å². The first-order valence-electron chi connectivity index (χ1n) is 12.6. The minimum Gasteiger partial charge on any atom is -1.00 e. The first-order chi connectivity index (χ1) is 17.1. The third-order valence-corrected chi connectivity index (χ3v) is 6.37. The van der Waals surface area contributed by atoms with E-state index in [0.29, 0.717) is 24.2 Å². The number of imide groups is 1. The van der Waals surface area contributed by atoms with Crippen LogP contribution in [0, 0.1) is 0 Å². The van der Waals surface area contributed by atoms with E-state index in [-0.39, 0.29) is 42.3 Å². The smallest absolute Gasteiger partial charge is 0.407 e. The summed E-state index contributed by atoms with van der Waals surface area (Å²) >= 11 is 0. The van der Waals surface area contributed by atoms with Crippen molar-refractivity contribution in [2.75, 3.05) is 6.54 Å². The van der Waals surface area contributed by atoms with Crippen LogP contribution in [0.2, 0.25) is 0 Å². The molecule has 9 heteroatoms. The number of amides is 3. The van der Waals surface area contributed by atoms with Crippen LogP contribution in [0.1, 0.15) is 73.1 Å². The number of benzene rings is 2. The van der Waals surface area contributed by atoms with Crippen molar-refractivity contribution in [2.45, 2.75) is 72.7 Å². The highest BCUT2D eigenvalue weighted by Gasteiger charge is 2.38. The van der Waals surface area contributed by atoms with Gasteiger partial charge in [0.1, 0.15) is 12.1 Å². The van der Waals surface area contributed by atoms with Crippen LogP contribution in [0.15, 0.2) is 42.5 Å². The first-order valence-corrected chi connectivity index (χ1v) is 12.6. The van der Waals surface area contributed by atoms with Gasteiger partial charge in [0.25, 0.3) is 17.6 Å². The molecule has 3 aromatic rings. The molecule has 4 rings (SSSR count). The van der Waals surface area contributed by atoms with Crippen LogP contribution < -0.4 is 33.9 Å². The monoisotopic (exact) mass is 618 g/mol. The second kappa shape index (κ2) is 11.6. The molecule has 1 aromatic heterocycles. The van der Waals surface area contributed by atoms with Crippen molar-refractivity contribution < 1.29 is 47.7 Å². The fraction of sp³-hybridized carbons (Fsp3) is 0.429. The molecular formula is C28H35IN4O4. The molecule has 0 bridgehead atoms. The van der Waals surface area contributed by atoms with Gasteiger partial charge < -0.3 is 34.0 Å². The van der Waals surface area contributed by atoms with E-state index >= 15 is 0 Å². The van der Waals surface area contributed by atoms with Gasteiger partial charge in [-0.05, 0) is 77.3 Å². The summed E-state index contributed by atoms with van der Waals surface area (Å²) in [7, 11) is 0. The van der Waals surface area contributed by atoms with Gasteiger partial charge in [-0.15, -0.1) is 0 Å². The number of carbonyl (C=O) groups excluding carboxylic acids is 3. The number of nitrogens with one attached hydrogen (secondary N) is 1. The van der Waals surface area contributed by atoms with E-state index in [1.54, 1.807) is 24.3 Å². The van der Waals surface area contributed by atoms with Crippen molar-refractivity contribution in [3.05, 3.63) is 65.0 Å². The molecule has 198 valence electrons. The van der Waals surface area contributed by atoms with Crippen LogP contribution >= 0.6 is 0 Å². The number of rotatable bonds is 8. The maximum atomic E-state index is 13.0. The van der Waals surface area contributed by atoms with Gasteiger partial charge in [0, 0.05) is 6.54 Å². The largest absolute Gasteiger partial charge is 1.00 e. The number of carbonyl (C=O) groups is 3. The number of hydrogen-bond acceptors (Lipinski definition) is 4. The maximum Gasteiger partial charge on any atom is 0.407 e. The van der Waals surface area contributed by atoms with Crippen molar-refractivity contribution in [3.8, 4) is 0 Å². The summed E-state index contributed by atoms with van der Waals surface area (Å²) < 4.78 is 9.65. The summed E-state index contributed by atoms with van der Waals surface area (Å²) in [5.41, 5.74) is 3.72. The van der Waals surface area contributed by atoms with Gasteiger partial charge in [0.05, 0.1) is 24.2 Å². The molecule has 2 aromatic carbocycles. The molecule has 1 aliphatic heterocycles. The first kappa shape index (κ1) is 28.6. The van der Waals surface area contributed by atoms with Crippen LogP contribution in [-0.2, 0) is 30.8 Å². The summed E-state index contributed by atoms with van der Waals surface area (Å²) in [5, 5.41) is 2.81. The molecule has 1 aliphatic rings. The third kappa shape index (κ3) is 5.97. The summed E-state index contributed by atoms with van der Waals surface area (Å²) in [4.78, 5) is 39.2. The van der Waals surface area contributed by atoms with E-state index in [0.717, 1.165) is 41.8 Å². The molecular weight excluding hydrogens is 583 g/mol. The molecule has 0 saturated heterocycles. The molecule has 0 radical (unpaired) electrons. The zero-order valence-corrected chi connectivity index (χ0v) is 24.3. The average Bonchev–Trinajstić information content (AvgIpc) is 3.26. The predicted molar refractivity (Wildman–Crippen MR) is 137 cm³/mol. The Hall–Kier alpha value is -2.95. The van der Waals surface area contributed by atoms with Gasteiger partial charge in [0.2, 0.25) is 0 Å². The van der Waals surface area contributed by atoms with Gasteiger partial charge in [-0.1, -0.05) is 18.2 Å². The highest BCUT2D eigenvalue weighted by Crippen LogP contribution is 2.25. The Morgan fingerprint density at radius 1 is 1.03 bits per heavy atom. The van der Waals surface area contributed by atoms with Crippen molar-refractivity contribution in [2.24, 2.45) is 0 Å². The molecule has 1 N–H and O–H groups in total. The quantitative estimate of drug-likeness (QED) is 0.178. The lowest BCUT2D eigenvalue weighted by atomic mass is 10.1. The van der Waals surface area contributed by atoms with Gasteiger partial charge in [-0.25, -0.2) is 13.9 Å². The van der Waals surface area contributed by atoms with E-state index in [2.05, 4.69) is 46.5 Å². The number of aryl methyl sites for hydroxylation is 3. The Morgan fingerprint density at radius 3 is 2.24 bits per heavy atom. The summed E-state index contributed by atoms with van der Waals surface area (Å²) in [6, 6.07) is 13.4. The lowest BCUT2D eigenvalue weighted by Crippen LogP contribution is -3.00. The van der Waals surface area contributed by atoms with Crippen LogP contribution in [0.4, 0.5) is 4.79 Å². The average molecular weight is 619 g/mol. The zero-order chi connectivity index (χ0) is 26.0. The number of nitrogens with zero attached hydrogens (tertiary/aromatic N) is 3. The number of halogens is 1. The number of ether oxygens (including phenoxy) is 1. The van der Waals surface area contributed by atoms with Crippen molar-refractivity contribution >= 4 is 28.9 Å². The van der Waals surface area contributed by atoms with Crippen LogP contribution in [0.3, 0.4) is 0 Å². The minimum absolute atomic E-state index is 0. The second-order valence-corrected chi connectivity index (χ2v) is 10.0. The fourth-order valence-electron chi connectivity index (χ4n) is 4.79. The molecule has 0 spiro atoms. The lowest BCUT2D eigenvalue weighted by molar-refractivity contribution is -0.677. The zero-order valence-electron chi connectivity index (χ0n) is 22.1. The maximum absolute atomic E-state index is 13.0. The Balaban J connectivity index is 0.00000380. The van der Waals surface area contributed by atoms with Crippen molar-refractivity contribution in [1.82, 2.24) is 14.8 Å². The minimum atomic E-state index is -0.514. The molecule has 0 saturated carbocycles. The summed E-state index contributed by atoms with van der Waals surface area (Å²) in [6.45, 7) is 11.9. The molecule has 8 nitrogen and oxygen atoms in total. The van der Waals surface area contributed by atoms with Gasteiger partial charge in [-0.2, -0.15) is 0 Å². The summed E-state index contributed by atoms with van der Waals surface area (Å²) in [6.07, 6.45) is 1.19.